The number of methoxy groups -OCH3 is 1. The van der Waals surface area contributed by atoms with Gasteiger partial charge in [-0.1, -0.05) is 17.7 Å². The van der Waals surface area contributed by atoms with E-state index in [1.165, 1.54) is 22.9 Å². The number of ether oxygens (including phenoxy) is 1. The van der Waals surface area contributed by atoms with Gasteiger partial charge >= 0.3 is 11.9 Å². The molecule has 3 fully saturated rings. The number of rotatable bonds is 10. The first-order chi connectivity index (χ1) is 33.5. The van der Waals surface area contributed by atoms with E-state index in [9.17, 15) is 32.3 Å². The molecule has 0 radical (unpaired) electrons. The van der Waals surface area contributed by atoms with E-state index in [2.05, 4.69) is 31.2 Å². The number of amides is 2. The Bertz CT molecular complexity index is 2950. The third kappa shape index (κ3) is 10.5. The average molecular weight is 983 g/mol. The zero-order valence-corrected chi connectivity index (χ0v) is 40.5. The quantitative estimate of drug-likeness (QED) is 0.115. The minimum Gasteiger partial charge on any atom is -0.496 e. The first kappa shape index (κ1) is 48.8. The van der Waals surface area contributed by atoms with Gasteiger partial charge in [0.25, 0.3) is 11.5 Å². The van der Waals surface area contributed by atoms with Crippen molar-refractivity contribution in [1.29, 1.82) is 0 Å². The maximum Gasteiger partial charge on any atom is 0.416 e. The van der Waals surface area contributed by atoms with Crippen LogP contribution in [-0.2, 0) is 11.0 Å². The van der Waals surface area contributed by atoms with Crippen molar-refractivity contribution in [2.75, 3.05) is 64.0 Å². The van der Waals surface area contributed by atoms with Crippen LogP contribution >= 0.6 is 11.6 Å². The summed E-state index contributed by atoms with van der Waals surface area (Å²) in [5.41, 5.74) is 7.91. The van der Waals surface area contributed by atoms with E-state index in [1.54, 1.807) is 39.2 Å². The number of likely N-dealkylation sites (tertiary alicyclic amines) is 1. The van der Waals surface area contributed by atoms with Crippen molar-refractivity contribution in [2.45, 2.75) is 83.9 Å². The Hall–Kier alpha value is -6.20. The number of nitrogens with two attached hydrogens (primary N) is 1. The van der Waals surface area contributed by atoms with Crippen molar-refractivity contribution in [3.8, 4) is 11.4 Å². The summed E-state index contributed by atoms with van der Waals surface area (Å²) in [6, 6.07) is 13.0. The van der Waals surface area contributed by atoms with E-state index in [4.69, 9.17) is 22.1 Å². The van der Waals surface area contributed by atoms with E-state index in [0.717, 1.165) is 81.4 Å². The number of H-pyrrole nitrogens is 1. The lowest BCUT2D eigenvalue weighted by molar-refractivity contribution is -0.138. The second-order valence-corrected chi connectivity index (χ2v) is 20.1. The summed E-state index contributed by atoms with van der Waals surface area (Å²) < 4.78 is 48.0. The predicted octanol–water partition coefficient (Wildman–Crippen LogP) is 8.65. The van der Waals surface area contributed by atoms with E-state index < -0.39 is 29.0 Å². The van der Waals surface area contributed by atoms with Crippen LogP contribution in [-0.4, -0.2) is 99.0 Å². The number of benzene rings is 3. The monoisotopic (exact) mass is 981 g/mol. The highest BCUT2D eigenvalue weighted by molar-refractivity contribution is 6.32. The highest BCUT2D eigenvalue weighted by Crippen LogP contribution is 2.47. The molecule has 2 atom stereocenters. The van der Waals surface area contributed by atoms with Gasteiger partial charge in [-0.05, 0) is 137 Å². The van der Waals surface area contributed by atoms with Gasteiger partial charge in [0.1, 0.15) is 17.4 Å². The molecule has 2 saturated heterocycles. The van der Waals surface area contributed by atoms with Crippen LogP contribution in [0.1, 0.15) is 104 Å². The van der Waals surface area contributed by atoms with Crippen molar-refractivity contribution >= 4 is 51.4 Å². The summed E-state index contributed by atoms with van der Waals surface area (Å²) >= 11 is 6.41. The molecule has 18 heteroatoms. The fourth-order valence-electron chi connectivity index (χ4n) is 11.0. The Balaban J connectivity index is 0.756. The Morgan fingerprint density at radius 3 is 2.36 bits per heavy atom. The number of anilines is 2. The van der Waals surface area contributed by atoms with Crippen LogP contribution in [0.3, 0.4) is 0 Å². The fraction of sp³-hybridized carbons (Fsp3) is 0.462. The molecule has 370 valence electrons. The number of fused-ring (bicyclic) bond motifs is 1. The number of carbonyl (C=O) groups is 2. The fourth-order valence-corrected chi connectivity index (χ4v) is 11.2. The van der Waals surface area contributed by atoms with Crippen LogP contribution < -0.4 is 27.0 Å². The van der Waals surface area contributed by atoms with Crippen LogP contribution in [0.25, 0.3) is 22.2 Å². The third-order valence-electron chi connectivity index (χ3n) is 15.1. The topological polar surface area (TPSA) is 172 Å². The SMILES string of the molecule is COc1cc2nc(C)nc(N[C@H](C)c3cc(N)cc(C(F)(F)F)c3)c2cc1C1=CCC(C(=O)N2CCN(CC3CCC4(CC3)CCN(C(=O)c3ccc(Cl)c(-n5ccc(=O)[nH]c5=O)c3)CC4)CC2)CC1. The molecule has 3 aromatic carbocycles. The van der Waals surface area contributed by atoms with Gasteiger partial charge in [-0.15, -0.1) is 0 Å². The zero-order chi connectivity index (χ0) is 49.5. The Labute approximate surface area is 409 Å². The maximum atomic E-state index is 13.9. The highest BCUT2D eigenvalue weighted by atomic mass is 35.5. The smallest absolute Gasteiger partial charge is 0.416 e. The van der Waals surface area contributed by atoms with Crippen molar-refractivity contribution in [1.82, 2.24) is 34.2 Å². The molecule has 5 aromatic rings. The minimum absolute atomic E-state index is 0.0234. The van der Waals surface area contributed by atoms with Gasteiger partial charge in [0.2, 0.25) is 5.91 Å². The number of nitrogen functional groups attached to an aromatic ring is 1. The summed E-state index contributed by atoms with van der Waals surface area (Å²) in [6.45, 7) is 9.03. The number of nitrogens with one attached hydrogen (secondary N) is 2. The van der Waals surface area contributed by atoms with E-state index in [-0.39, 0.29) is 28.8 Å². The summed E-state index contributed by atoms with van der Waals surface area (Å²) in [6.07, 6.45) is 7.45. The molecule has 2 aromatic heterocycles. The number of halogens is 4. The van der Waals surface area contributed by atoms with Gasteiger partial charge in [-0.25, -0.2) is 14.8 Å². The molecule has 1 spiro atoms. The molecular formula is C52H59ClF3N9O5. The number of aromatic nitrogens is 4. The van der Waals surface area contributed by atoms with Gasteiger partial charge in [0, 0.05) is 92.3 Å². The summed E-state index contributed by atoms with van der Waals surface area (Å²) in [5.74, 6) is 2.21. The summed E-state index contributed by atoms with van der Waals surface area (Å²) in [5, 5.41) is 4.31. The highest BCUT2D eigenvalue weighted by Gasteiger charge is 2.40. The predicted molar refractivity (Wildman–Crippen MR) is 264 cm³/mol. The molecular weight excluding hydrogens is 923 g/mol. The lowest BCUT2D eigenvalue weighted by atomic mass is 9.65. The van der Waals surface area contributed by atoms with Crippen LogP contribution in [0.2, 0.25) is 5.02 Å². The van der Waals surface area contributed by atoms with Crippen molar-refractivity contribution in [3.05, 3.63) is 121 Å². The molecule has 1 unspecified atom stereocenters. The molecule has 4 heterocycles. The molecule has 2 aliphatic heterocycles. The van der Waals surface area contributed by atoms with Crippen molar-refractivity contribution in [2.24, 2.45) is 17.3 Å². The summed E-state index contributed by atoms with van der Waals surface area (Å²) in [4.78, 5) is 69.6. The van der Waals surface area contributed by atoms with Crippen molar-refractivity contribution < 1.29 is 27.5 Å². The molecule has 1 saturated carbocycles. The number of aromatic amines is 1. The Morgan fingerprint density at radius 2 is 1.69 bits per heavy atom. The van der Waals surface area contributed by atoms with E-state index >= 15 is 0 Å². The second kappa shape index (κ2) is 19.9. The van der Waals surface area contributed by atoms with E-state index in [1.807, 2.05) is 21.9 Å². The number of allylic oxidation sites excluding steroid dienone is 2. The Morgan fingerprint density at radius 1 is 0.943 bits per heavy atom. The van der Waals surface area contributed by atoms with Crippen LogP contribution in [0.15, 0.2) is 76.5 Å². The number of piperidine rings is 1. The van der Waals surface area contributed by atoms with E-state index in [0.29, 0.717) is 101 Å². The van der Waals surface area contributed by atoms with Gasteiger partial charge < -0.3 is 25.6 Å². The number of hydrogen-bond acceptors (Lipinski definition) is 10. The van der Waals surface area contributed by atoms with Gasteiger partial charge in [0.15, 0.2) is 0 Å². The number of aryl methyl sites for hydroxylation is 1. The largest absolute Gasteiger partial charge is 0.496 e. The Kier molecular flexibility index (Phi) is 13.9. The molecule has 9 rings (SSSR count). The molecule has 70 heavy (non-hydrogen) atoms. The van der Waals surface area contributed by atoms with Gasteiger partial charge in [-0.2, -0.15) is 13.2 Å². The number of hydrogen-bond donors (Lipinski definition) is 3. The first-order valence-electron chi connectivity index (χ1n) is 24.2. The standard InChI is InChI=1S/C52H59ClF3N9O5/c1-31(37-24-38(52(54,55)56)27-39(57)25-37)58-47-41-28-40(45(70-3)29-43(41)59-32(2)60-47)34-4-6-35(7-5-34)48(67)64-22-20-62(21-23-64)30-33-10-13-51(14-11-33)15-18-63(19-16-51)49(68)36-8-9-42(53)44(26-36)65-17-12-46(66)61-50(65)69/h4,8-9,12,17,24-29,31,33,35H,5-7,10-11,13-16,18-23,30,57H2,1-3H3,(H,58,59,60)(H,61,66,69)/t31-,35?/m1/s1. The third-order valence-corrected chi connectivity index (χ3v) is 15.5. The van der Waals surface area contributed by atoms with Gasteiger partial charge in [0.05, 0.1) is 34.9 Å². The van der Waals surface area contributed by atoms with Crippen molar-refractivity contribution in [3.63, 3.8) is 0 Å². The minimum atomic E-state index is -4.54. The normalized spacial score (nSPS) is 19.5. The molecule has 4 aliphatic rings. The molecule has 14 nitrogen and oxygen atoms in total. The first-order valence-corrected chi connectivity index (χ1v) is 24.6. The lowest BCUT2D eigenvalue weighted by Gasteiger charge is -2.47. The molecule has 0 bridgehead atoms. The lowest BCUT2D eigenvalue weighted by Crippen LogP contribution is -2.51. The van der Waals surface area contributed by atoms with Gasteiger partial charge in [-0.3, -0.25) is 28.8 Å². The molecule has 2 amide bonds. The maximum absolute atomic E-state index is 13.9. The number of carbonyl (C=O) groups excluding carboxylic acids is 2. The van der Waals surface area contributed by atoms with Crippen LogP contribution in [0.5, 0.6) is 5.75 Å². The number of nitrogens with zero attached hydrogens (tertiary/aromatic N) is 6. The number of alkyl halides is 3. The molecule has 4 N–H and O–H groups in total. The summed E-state index contributed by atoms with van der Waals surface area (Å²) in [7, 11) is 1.61. The van der Waals surface area contributed by atoms with Crippen LogP contribution in [0.4, 0.5) is 24.7 Å². The average Bonchev–Trinajstić information content (AvgIpc) is 3.34. The number of piperazine rings is 1. The van der Waals surface area contributed by atoms with Crippen LogP contribution in [0, 0.1) is 24.2 Å². The second-order valence-electron chi connectivity index (χ2n) is 19.6. The zero-order valence-electron chi connectivity index (χ0n) is 39.7. The molecule has 2 aliphatic carbocycles.